The van der Waals surface area contributed by atoms with E-state index in [9.17, 15) is 15.0 Å². The number of pyridine rings is 1. The van der Waals surface area contributed by atoms with E-state index < -0.39 is 17.6 Å². The zero-order valence-electron chi connectivity index (χ0n) is 17.3. The number of nitrogens with two attached hydrogens (primary N) is 1. The summed E-state index contributed by atoms with van der Waals surface area (Å²) in [5.41, 5.74) is 5.41. The van der Waals surface area contributed by atoms with E-state index in [2.05, 4.69) is 23.2 Å². The van der Waals surface area contributed by atoms with Crippen LogP contribution >= 0.6 is 0 Å². The molecule has 0 amide bonds. The first kappa shape index (κ1) is 21.7. The van der Waals surface area contributed by atoms with Crippen LogP contribution in [0.2, 0.25) is 0 Å². The number of carboxylic acid groups (broad SMARTS) is 1. The van der Waals surface area contributed by atoms with Crippen LogP contribution in [0.15, 0.2) is 60.8 Å². The molecule has 0 bridgehead atoms. The number of benzene rings is 2. The van der Waals surface area contributed by atoms with Crippen molar-refractivity contribution in [3.05, 3.63) is 72.1 Å². The van der Waals surface area contributed by atoms with Crippen LogP contribution in [0.25, 0.3) is 10.8 Å². The van der Waals surface area contributed by atoms with Gasteiger partial charge in [0.05, 0.1) is 0 Å². The number of ether oxygens (including phenoxy) is 1. The summed E-state index contributed by atoms with van der Waals surface area (Å²) < 4.78 is 5.94. The van der Waals surface area contributed by atoms with Crippen LogP contribution in [0.4, 0.5) is 0 Å². The number of fused-ring (bicyclic) bond motifs is 1. The molecule has 3 aromatic rings. The lowest BCUT2D eigenvalue weighted by Crippen LogP contribution is -2.56. The molecule has 0 spiro atoms. The summed E-state index contributed by atoms with van der Waals surface area (Å²) in [4.78, 5) is 16.0. The SMILES string of the molecule is CC(C)C[C@H](N)[C@](O)(Cc1cc(OCc2cccc3ccccc23)ccn1)C(=O)O. The van der Waals surface area contributed by atoms with E-state index in [0.717, 1.165) is 16.3 Å². The summed E-state index contributed by atoms with van der Waals surface area (Å²) in [7, 11) is 0. The average molecular weight is 408 g/mol. The molecule has 158 valence electrons. The minimum absolute atomic E-state index is 0.161. The highest BCUT2D eigenvalue weighted by atomic mass is 16.5. The van der Waals surface area contributed by atoms with Gasteiger partial charge in [-0.1, -0.05) is 56.3 Å². The van der Waals surface area contributed by atoms with Crippen molar-refractivity contribution in [1.82, 2.24) is 4.98 Å². The molecule has 0 fully saturated rings. The van der Waals surface area contributed by atoms with Gasteiger partial charge in [0.2, 0.25) is 0 Å². The molecule has 0 aliphatic heterocycles. The van der Waals surface area contributed by atoms with Crippen LogP contribution < -0.4 is 10.5 Å². The maximum Gasteiger partial charge on any atom is 0.337 e. The number of hydrogen-bond donors (Lipinski definition) is 3. The molecule has 3 rings (SSSR count). The third kappa shape index (κ3) is 4.96. The molecule has 2 aromatic carbocycles. The van der Waals surface area contributed by atoms with Crippen LogP contribution in [-0.2, 0) is 17.8 Å². The van der Waals surface area contributed by atoms with E-state index in [1.807, 2.05) is 38.1 Å². The number of nitrogens with zero attached hydrogens (tertiary/aromatic N) is 1. The molecular weight excluding hydrogens is 380 g/mol. The Morgan fingerprint density at radius 3 is 2.63 bits per heavy atom. The number of aliphatic hydroxyl groups is 1. The van der Waals surface area contributed by atoms with E-state index in [1.165, 1.54) is 0 Å². The lowest BCUT2D eigenvalue weighted by molar-refractivity contribution is -0.161. The second kappa shape index (κ2) is 9.24. The van der Waals surface area contributed by atoms with Crippen molar-refractivity contribution in [2.45, 2.75) is 44.9 Å². The molecule has 6 nitrogen and oxygen atoms in total. The molecule has 6 heteroatoms. The maximum absolute atomic E-state index is 11.8. The number of aromatic nitrogens is 1. The van der Waals surface area contributed by atoms with Crippen molar-refractivity contribution in [3.63, 3.8) is 0 Å². The third-order valence-electron chi connectivity index (χ3n) is 5.22. The van der Waals surface area contributed by atoms with E-state index >= 15 is 0 Å². The van der Waals surface area contributed by atoms with Gasteiger partial charge in [-0.3, -0.25) is 4.98 Å². The summed E-state index contributed by atoms with van der Waals surface area (Å²) in [6.07, 6.45) is 1.74. The quantitative estimate of drug-likeness (QED) is 0.500. The topological polar surface area (TPSA) is 106 Å². The minimum Gasteiger partial charge on any atom is -0.489 e. The predicted octanol–water partition coefficient (Wildman–Crippen LogP) is 3.55. The lowest BCUT2D eigenvalue weighted by Gasteiger charge is -2.30. The van der Waals surface area contributed by atoms with Crippen LogP contribution in [0, 0.1) is 5.92 Å². The summed E-state index contributed by atoms with van der Waals surface area (Å²) in [5.74, 6) is -0.633. The zero-order chi connectivity index (χ0) is 21.7. The van der Waals surface area contributed by atoms with Crippen LogP contribution in [0.5, 0.6) is 5.75 Å². The Balaban J connectivity index is 1.76. The molecule has 2 atom stereocenters. The van der Waals surface area contributed by atoms with Gasteiger partial charge in [0, 0.05) is 30.4 Å². The van der Waals surface area contributed by atoms with E-state index in [4.69, 9.17) is 10.5 Å². The molecule has 0 unspecified atom stereocenters. The highest BCUT2D eigenvalue weighted by molar-refractivity contribution is 5.85. The van der Waals surface area contributed by atoms with Crippen molar-refractivity contribution in [3.8, 4) is 5.75 Å². The van der Waals surface area contributed by atoms with Crippen molar-refractivity contribution in [1.29, 1.82) is 0 Å². The van der Waals surface area contributed by atoms with Gasteiger partial charge in [0.25, 0.3) is 0 Å². The smallest absolute Gasteiger partial charge is 0.337 e. The Kier molecular flexibility index (Phi) is 6.70. The Morgan fingerprint density at radius 1 is 1.17 bits per heavy atom. The van der Waals surface area contributed by atoms with E-state index in [1.54, 1.807) is 18.3 Å². The summed E-state index contributed by atoms with van der Waals surface area (Å²) in [6, 6.07) is 16.6. The number of rotatable bonds is 9. The fourth-order valence-corrected chi connectivity index (χ4v) is 3.57. The molecular formula is C24H28N2O4. The number of carbonyl (C=O) groups is 1. The summed E-state index contributed by atoms with van der Waals surface area (Å²) >= 11 is 0. The van der Waals surface area contributed by atoms with Crippen LogP contribution in [0.1, 0.15) is 31.5 Å². The fraction of sp³-hybridized carbons (Fsp3) is 0.333. The Morgan fingerprint density at radius 2 is 1.90 bits per heavy atom. The van der Waals surface area contributed by atoms with Crippen molar-refractivity contribution < 1.29 is 19.7 Å². The molecule has 1 aromatic heterocycles. The van der Waals surface area contributed by atoms with Crippen molar-refractivity contribution in [2.24, 2.45) is 11.7 Å². The second-order valence-corrected chi connectivity index (χ2v) is 8.05. The largest absolute Gasteiger partial charge is 0.489 e. The first-order chi connectivity index (χ1) is 14.3. The molecule has 0 aliphatic carbocycles. The summed E-state index contributed by atoms with van der Waals surface area (Å²) in [5, 5.41) is 22.6. The Hall–Kier alpha value is -2.96. The highest BCUT2D eigenvalue weighted by Gasteiger charge is 2.43. The Labute approximate surface area is 176 Å². The normalized spacial score (nSPS) is 14.4. The van der Waals surface area contributed by atoms with E-state index in [0.29, 0.717) is 24.5 Å². The molecule has 0 saturated heterocycles. The number of aliphatic carboxylic acids is 1. The van der Waals surface area contributed by atoms with Crippen LogP contribution in [0.3, 0.4) is 0 Å². The average Bonchev–Trinajstić information content (AvgIpc) is 2.71. The number of carboxylic acids is 1. The van der Waals surface area contributed by atoms with Crippen molar-refractivity contribution in [2.75, 3.05) is 0 Å². The monoisotopic (exact) mass is 408 g/mol. The van der Waals surface area contributed by atoms with Crippen molar-refractivity contribution >= 4 is 16.7 Å². The number of hydrogen-bond acceptors (Lipinski definition) is 5. The first-order valence-corrected chi connectivity index (χ1v) is 10.1. The molecule has 4 N–H and O–H groups in total. The second-order valence-electron chi connectivity index (χ2n) is 8.05. The van der Waals surface area contributed by atoms with Gasteiger partial charge in [-0.15, -0.1) is 0 Å². The summed E-state index contributed by atoms with van der Waals surface area (Å²) in [6.45, 7) is 4.23. The third-order valence-corrected chi connectivity index (χ3v) is 5.22. The zero-order valence-corrected chi connectivity index (χ0v) is 17.3. The Bertz CT molecular complexity index is 1020. The molecule has 0 aliphatic rings. The highest BCUT2D eigenvalue weighted by Crippen LogP contribution is 2.24. The fourth-order valence-electron chi connectivity index (χ4n) is 3.57. The van der Waals surface area contributed by atoms with Gasteiger partial charge < -0.3 is 20.7 Å². The molecule has 1 heterocycles. The maximum atomic E-state index is 11.8. The van der Waals surface area contributed by atoms with Gasteiger partial charge in [-0.2, -0.15) is 0 Å². The van der Waals surface area contributed by atoms with Gasteiger partial charge in [-0.25, -0.2) is 4.79 Å². The molecule has 0 saturated carbocycles. The first-order valence-electron chi connectivity index (χ1n) is 10.1. The molecule has 30 heavy (non-hydrogen) atoms. The standard InChI is InChI=1S/C24H28N2O4/c1-16(2)12-22(25)24(29,23(27)28)14-19-13-20(10-11-26-19)30-15-18-8-5-7-17-6-3-4-9-21(17)18/h3-11,13,16,22,29H,12,14-15,25H2,1-2H3,(H,27,28)/t22-,24+/m0/s1. The van der Waals surface area contributed by atoms with Gasteiger partial charge in [0.15, 0.2) is 5.60 Å². The minimum atomic E-state index is -2.09. The van der Waals surface area contributed by atoms with Gasteiger partial charge >= 0.3 is 5.97 Å². The predicted molar refractivity (Wildman–Crippen MR) is 116 cm³/mol. The molecule has 0 radical (unpaired) electrons. The van der Waals surface area contributed by atoms with Crippen LogP contribution in [-0.4, -0.2) is 32.8 Å². The van der Waals surface area contributed by atoms with Gasteiger partial charge in [-0.05, 0) is 34.7 Å². The van der Waals surface area contributed by atoms with E-state index in [-0.39, 0.29) is 12.3 Å². The van der Waals surface area contributed by atoms with Gasteiger partial charge in [0.1, 0.15) is 12.4 Å². The lowest BCUT2D eigenvalue weighted by atomic mass is 9.84.